The highest BCUT2D eigenvalue weighted by Crippen LogP contribution is 2.33. The number of hydrogen-bond donors (Lipinski definition) is 2. The molecule has 1 fully saturated rings. The van der Waals surface area contributed by atoms with Crippen molar-refractivity contribution in [3.05, 3.63) is 33.3 Å². The van der Waals surface area contributed by atoms with Crippen molar-refractivity contribution in [3.8, 4) is 0 Å². The van der Waals surface area contributed by atoms with Crippen molar-refractivity contribution in [2.75, 3.05) is 11.9 Å². The van der Waals surface area contributed by atoms with Gasteiger partial charge in [0.25, 0.3) is 5.69 Å². The van der Waals surface area contributed by atoms with Crippen molar-refractivity contribution in [1.82, 2.24) is 0 Å². The molecule has 0 saturated heterocycles. The van der Waals surface area contributed by atoms with Crippen LogP contribution >= 0.6 is 11.6 Å². The number of aliphatic hydroxyl groups is 1. The Kier molecular flexibility index (Phi) is 3.22. The number of hydrogen-bond acceptors (Lipinski definition) is 4. The number of rotatable bonds is 4. The van der Waals surface area contributed by atoms with Gasteiger partial charge in [-0.2, -0.15) is 0 Å². The minimum absolute atomic E-state index is 0.0691. The Morgan fingerprint density at radius 1 is 1.53 bits per heavy atom. The highest BCUT2D eigenvalue weighted by Gasteiger charge is 2.34. The van der Waals surface area contributed by atoms with Gasteiger partial charge in [0.15, 0.2) is 0 Å². The molecule has 1 saturated carbocycles. The van der Waals surface area contributed by atoms with E-state index in [1.165, 1.54) is 6.07 Å². The first kappa shape index (κ1) is 12.1. The molecular weight excluding hydrogens is 244 g/mol. The van der Waals surface area contributed by atoms with Gasteiger partial charge in [0.2, 0.25) is 0 Å². The van der Waals surface area contributed by atoms with E-state index in [1.54, 1.807) is 12.1 Å². The summed E-state index contributed by atoms with van der Waals surface area (Å²) < 4.78 is 0. The van der Waals surface area contributed by atoms with E-state index >= 15 is 0 Å². The maximum absolute atomic E-state index is 10.8. The zero-order valence-corrected chi connectivity index (χ0v) is 9.91. The van der Waals surface area contributed by atoms with Crippen LogP contribution in [-0.2, 0) is 0 Å². The zero-order valence-electron chi connectivity index (χ0n) is 9.15. The van der Waals surface area contributed by atoms with Gasteiger partial charge in [-0.1, -0.05) is 11.6 Å². The van der Waals surface area contributed by atoms with Crippen LogP contribution in [0.4, 0.5) is 11.4 Å². The van der Waals surface area contributed by atoms with E-state index in [4.69, 9.17) is 11.6 Å². The molecule has 1 aliphatic rings. The Hall–Kier alpha value is -1.33. The summed E-state index contributed by atoms with van der Waals surface area (Å²) in [4.78, 5) is 10.3. The van der Waals surface area contributed by atoms with Crippen LogP contribution in [0.25, 0.3) is 0 Å². The van der Waals surface area contributed by atoms with Gasteiger partial charge < -0.3 is 10.4 Å². The molecule has 92 valence electrons. The summed E-state index contributed by atoms with van der Waals surface area (Å²) >= 11 is 5.71. The molecule has 0 bridgehead atoms. The Morgan fingerprint density at radius 2 is 2.24 bits per heavy atom. The average Bonchev–Trinajstić information content (AvgIpc) is 2.24. The van der Waals surface area contributed by atoms with Crippen LogP contribution in [0, 0.1) is 10.1 Å². The second-order valence-corrected chi connectivity index (χ2v) is 4.79. The summed E-state index contributed by atoms with van der Waals surface area (Å²) in [5, 5.41) is 24.0. The van der Waals surface area contributed by atoms with E-state index in [9.17, 15) is 15.2 Å². The Morgan fingerprint density at radius 3 is 2.76 bits per heavy atom. The number of halogens is 1. The maximum atomic E-state index is 10.8. The molecule has 0 unspecified atom stereocenters. The van der Waals surface area contributed by atoms with E-state index in [1.807, 2.05) is 0 Å². The first-order valence-electron chi connectivity index (χ1n) is 5.40. The molecule has 0 aromatic heterocycles. The SMILES string of the molecule is O=[N+]([O-])c1cc(Cl)ccc1NCC1(O)CCC1. The Bertz CT molecular complexity index is 446. The zero-order chi connectivity index (χ0) is 12.5. The molecule has 2 rings (SSSR count). The van der Waals surface area contributed by atoms with Crippen molar-refractivity contribution < 1.29 is 10.0 Å². The molecule has 0 amide bonds. The Labute approximate surface area is 104 Å². The topological polar surface area (TPSA) is 75.4 Å². The van der Waals surface area contributed by atoms with Crippen LogP contribution in [-0.4, -0.2) is 22.2 Å². The van der Waals surface area contributed by atoms with Crippen molar-refractivity contribution >= 4 is 23.0 Å². The van der Waals surface area contributed by atoms with Crippen LogP contribution in [0.5, 0.6) is 0 Å². The van der Waals surface area contributed by atoms with Crippen molar-refractivity contribution in [2.24, 2.45) is 0 Å². The number of nitro groups is 1. The lowest BCUT2D eigenvalue weighted by atomic mass is 9.80. The number of anilines is 1. The third-order valence-corrected chi connectivity index (χ3v) is 3.28. The molecule has 1 aromatic rings. The van der Waals surface area contributed by atoms with Gasteiger partial charge in [-0.15, -0.1) is 0 Å². The van der Waals surface area contributed by atoms with Gasteiger partial charge in [-0.3, -0.25) is 10.1 Å². The van der Waals surface area contributed by atoms with E-state index in [-0.39, 0.29) is 5.69 Å². The monoisotopic (exact) mass is 256 g/mol. The standard InChI is InChI=1S/C11H13ClN2O3/c12-8-2-3-9(10(6-8)14(16)17)13-7-11(15)4-1-5-11/h2-3,6,13,15H,1,4-5,7H2. The molecule has 0 spiro atoms. The average molecular weight is 257 g/mol. The van der Waals surface area contributed by atoms with Gasteiger partial charge >= 0.3 is 0 Å². The fourth-order valence-electron chi connectivity index (χ4n) is 1.83. The van der Waals surface area contributed by atoms with E-state index in [0.29, 0.717) is 17.3 Å². The third-order valence-electron chi connectivity index (χ3n) is 3.05. The summed E-state index contributed by atoms with van der Waals surface area (Å²) in [6.45, 7) is 0.329. The van der Waals surface area contributed by atoms with Gasteiger partial charge in [0, 0.05) is 17.6 Å². The van der Waals surface area contributed by atoms with Crippen molar-refractivity contribution in [1.29, 1.82) is 0 Å². The lowest BCUT2D eigenvalue weighted by Gasteiger charge is -2.36. The highest BCUT2D eigenvalue weighted by molar-refractivity contribution is 6.30. The quantitative estimate of drug-likeness (QED) is 0.641. The molecule has 6 heteroatoms. The minimum atomic E-state index is -0.715. The second-order valence-electron chi connectivity index (χ2n) is 4.35. The third kappa shape index (κ3) is 2.68. The first-order chi connectivity index (χ1) is 8.00. The molecule has 1 aromatic carbocycles. The smallest absolute Gasteiger partial charge is 0.293 e. The van der Waals surface area contributed by atoms with Gasteiger partial charge in [0.1, 0.15) is 5.69 Å². The summed E-state index contributed by atoms with van der Waals surface area (Å²) in [5.41, 5.74) is -0.395. The molecule has 2 N–H and O–H groups in total. The van der Waals surface area contributed by atoms with E-state index in [0.717, 1.165) is 19.3 Å². The predicted octanol–water partition coefficient (Wildman–Crippen LogP) is 2.58. The van der Waals surface area contributed by atoms with Crippen molar-refractivity contribution in [3.63, 3.8) is 0 Å². The van der Waals surface area contributed by atoms with Gasteiger partial charge in [-0.05, 0) is 31.4 Å². The fraction of sp³-hybridized carbons (Fsp3) is 0.455. The summed E-state index contributed by atoms with van der Waals surface area (Å²) in [5.74, 6) is 0. The molecule has 0 aliphatic heterocycles. The summed E-state index contributed by atoms with van der Waals surface area (Å²) in [6.07, 6.45) is 2.48. The lowest BCUT2D eigenvalue weighted by molar-refractivity contribution is -0.384. The van der Waals surface area contributed by atoms with Crippen LogP contribution < -0.4 is 5.32 Å². The highest BCUT2D eigenvalue weighted by atomic mass is 35.5. The maximum Gasteiger partial charge on any atom is 0.293 e. The Balaban J connectivity index is 2.12. The van der Waals surface area contributed by atoms with E-state index < -0.39 is 10.5 Å². The fourth-order valence-corrected chi connectivity index (χ4v) is 1.99. The number of nitrogens with zero attached hydrogens (tertiary/aromatic N) is 1. The minimum Gasteiger partial charge on any atom is -0.388 e. The van der Waals surface area contributed by atoms with Crippen LogP contribution in [0.2, 0.25) is 5.02 Å². The van der Waals surface area contributed by atoms with Crippen LogP contribution in [0.1, 0.15) is 19.3 Å². The lowest BCUT2D eigenvalue weighted by Crippen LogP contribution is -2.43. The summed E-state index contributed by atoms with van der Waals surface area (Å²) in [6, 6.07) is 4.44. The van der Waals surface area contributed by atoms with Gasteiger partial charge in [-0.25, -0.2) is 0 Å². The molecule has 0 atom stereocenters. The molecule has 17 heavy (non-hydrogen) atoms. The number of nitrogens with one attached hydrogen (secondary N) is 1. The molecule has 5 nitrogen and oxygen atoms in total. The van der Waals surface area contributed by atoms with Crippen LogP contribution in [0.3, 0.4) is 0 Å². The molecule has 1 aliphatic carbocycles. The van der Waals surface area contributed by atoms with Crippen molar-refractivity contribution in [2.45, 2.75) is 24.9 Å². The second kappa shape index (κ2) is 4.50. The first-order valence-corrected chi connectivity index (χ1v) is 5.78. The normalized spacial score (nSPS) is 17.3. The predicted molar refractivity (Wildman–Crippen MR) is 65.4 cm³/mol. The number of nitro benzene ring substituents is 1. The molecule has 0 heterocycles. The van der Waals surface area contributed by atoms with Crippen LogP contribution in [0.15, 0.2) is 18.2 Å². The van der Waals surface area contributed by atoms with Gasteiger partial charge in [0.05, 0.1) is 10.5 Å². The number of benzene rings is 1. The molecule has 0 radical (unpaired) electrons. The molecular formula is C11H13ClN2O3. The largest absolute Gasteiger partial charge is 0.388 e. The summed E-state index contributed by atoms with van der Waals surface area (Å²) in [7, 11) is 0. The van der Waals surface area contributed by atoms with E-state index in [2.05, 4.69) is 5.32 Å².